The summed E-state index contributed by atoms with van der Waals surface area (Å²) in [5, 5.41) is 4.87. The molecule has 0 spiro atoms. The third-order valence-corrected chi connectivity index (χ3v) is 6.73. The quantitative estimate of drug-likeness (QED) is 0.550. The number of allylic oxidation sites excluding steroid dienone is 2. The van der Waals surface area contributed by atoms with Crippen molar-refractivity contribution in [1.29, 1.82) is 0 Å². The summed E-state index contributed by atoms with van der Waals surface area (Å²) in [4.78, 5) is 33.5. The molecule has 0 amide bonds. The van der Waals surface area contributed by atoms with Crippen LogP contribution < -0.4 is 10.9 Å². The van der Waals surface area contributed by atoms with Crippen molar-refractivity contribution in [2.24, 2.45) is 0 Å². The van der Waals surface area contributed by atoms with E-state index in [2.05, 4.69) is 24.1 Å². The summed E-state index contributed by atoms with van der Waals surface area (Å²) in [6.07, 6.45) is 3.08. The van der Waals surface area contributed by atoms with Crippen molar-refractivity contribution in [1.82, 2.24) is 9.97 Å². The highest BCUT2D eigenvalue weighted by molar-refractivity contribution is 7.99. The molecule has 0 radical (unpaired) electrons. The Morgan fingerprint density at radius 2 is 2.00 bits per heavy atom. The average molecular weight is 416 g/mol. The van der Waals surface area contributed by atoms with Crippen LogP contribution in [0.3, 0.4) is 0 Å². The van der Waals surface area contributed by atoms with Crippen molar-refractivity contribution < 1.29 is 4.79 Å². The molecule has 2 N–H and O–H groups in total. The van der Waals surface area contributed by atoms with Crippen LogP contribution >= 0.6 is 23.4 Å². The fourth-order valence-corrected chi connectivity index (χ4v) is 4.73. The third kappa shape index (κ3) is 3.51. The molecule has 146 valence electrons. The first-order valence-electron chi connectivity index (χ1n) is 9.57. The fourth-order valence-electron chi connectivity index (χ4n) is 3.76. The predicted octanol–water partition coefficient (Wildman–Crippen LogP) is 4.88. The van der Waals surface area contributed by atoms with Gasteiger partial charge in [0.2, 0.25) is 0 Å². The second-order valence-corrected chi connectivity index (χ2v) is 9.11. The Balaban J connectivity index is 1.88. The summed E-state index contributed by atoms with van der Waals surface area (Å²) in [6.45, 7) is 4.21. The molecule has 1 aliphatic carbocycles. The van der Waals surface area contributed by atoms with Crippen LogP contribution in [-0.2, 0) is 4.79 Å². The number of H-pyrrole nitrogens is 1. The van der Waals surface area contributed by atoms with Gasteiger partial charge in [0.1, 0.15) is 5.82 Å². The molecule has 0 unspecified atom stereocenters. The molecule has 0 fully saturated rings. The number of nitrogens with one attached hydrogen (secondary N) is 2. The zero-order valence-electron chi connectivity index (χ0n) is 15.8. The molecule has 28 heavy (non-hydrogen) atoms. The first-order chi connectivity index (χ1) is 13.5. The van der Waals surface area contributed by atoms with Crippen LogP contribution in [0.1, 0.15) is 56.6 Å². The number of carbonyl (C=O) groups excluding carboxylic acids is 1. The lowest BCUT2D eigenvalue weighted by atomic mass is 9.76. The maximum atomic E-state index is 13.1. The standard InChI is InChI=1S/C21H22ClN3O2S/c1-3-11(2)28-21-24-19-18(20(27)25-21)16(12-7-9-13(22)10-8-12)17-14(23-19)5-4-6-15(17)26/h7-11,16H,3-6H2,1-2H3,(H2,23,24,25,27)/t11-,16+/m0/s1. The van der Waals surface area contributed by atoms with E-state index in [4.69, 9.17) is 16.6 Å². The van der Waals surface area contributed by atoms with Gasteiger partial charge in [-0.3, -0.25) is 9.59 Å². The lowest BCUT2D eigenvalue weighted by molar-refractivity contribution is -0.116. The minimum Gasteiger partial charge on any atom is -0.343 e. The summed E-state index contributed by atoms with van der Waals surface area (Å²) in [6, 6.07) is 7.35. The highest BCUT2D eigenvalue weighted by Gasteiger charge is 2.37. The normalized spacial score (nSPS) is 19.7. The Hall–Kier alpha value is -2.05. The van der Waals surface area contributed by atoms with Crippen molar-refractivity contribution in [3.05, 3.63) is 62.0 Å². The van der Waals surface area contributed by atoms with E-state index in [0.29, 0.717) is 38.8 Å². The van der Waals surface area contributed by atoms with Crippen molar-refractivity contribution in [3.63, 3.8) is 0 Å². The van der Waals surface area contributed by atoms with Crippen molar-refractivity contribution >= 4 is 35.0 Å². The molecular weight excluding hydrogens is 394 g/mol. The number of benzene rings is 1. The zero-order valence-corrected chi connectivity index (χ0v) is 17.4. The van der Waals surface area contributed by atoms with Gasteiger partial charge in [-0.2, -0.15) is 0 Å². The largest absolute Gasteiger partial charge is 0.343 e. The van der Waals surface area contributed by atoms with Gasteiger partial charge < -0.3 is 10.3 Å². The minimum absolute atomic E-state index is 0.0943. The highest BCUT2D eigenvalue weighted by atomic mass is 35.5. The van der Waals surface area contributed by atoms with Gasteiger partial charge in [0, 0.05) is 33.9 Å². The molecule has 0 bridgehead atoms. The Morgan fingerprint density at radius 3 is 2.71 bits per heavy atom. The number of nitrogens with zero attached hydrogens (tertiary/aromatic N) is 1. The molecule has 0 saturated carbocycles. The Bertz CT molecular complexity index is 1010. The predicted molar refractivity (Wildman–Crippen MR) is 113 cm³/mol. The molecule has 2 aliphatic rings. The molecule has 0 saturated heterocycles. The van der Waals surface area contributed by atoms with E-state index in [1.807, 2.05) is 12.1 Å². The number of aromatic amines is 1. The lowest BCUT2D eigenvalue weighted by Gasteiger charge is -2.32. The van der Waals surface area contributed by atoms with E-state index in [0.717, 1.165) is 30.5 Å². The van der Waals surface area contributed by atoms with E-state index < -0.39 is 5.92 Å². The number of halogens is 1. The number of Topliss-reactive ketones (excluding diaryl/α,β-unsaturated/α-hetero) is 1. The molecule has 2 heterocycles. The lowest BCUT2D eigenvalue weighted by Crippen LogP contribution is -2.32. The number of aromatic nitrogens is 2. The van der Waals surface area contributed by atoms with Crippen LogP contribution in [0.4, 0.5) is 5.82 Å². The van der Waals surface area contributed by atoms with Gasteiger partial charge >= 0.3 is 0 Å². The number of anilines is 1. The third-order valence-electron chi connectivity index (χ3n) is 5.33. The fraction of sp³-hybridized carbons (Fsp3) is 0.381. The van der Waals surface area contributed by atoms with Gasteiger partial charge in [0.05, 0.1) is 5.56 Å². The zero-order chi connectivity index (χ0) is 19.8. The van der Waals surface area contributed by atoms with Crippen LogP contribution in [0.5, 0.6) is 0 Å². The van der Waals surface area contributed by atoms with Crippen LogP contribution in [0.2, 0.25) is 5.02 Å². The van der Waals surface area contributed by atoms with E-state index in [1.54, 1.807) is 23.9 Å². The molecule has 1 aromatic carbocycles. The van der Waals surface area contributed by atoms with Gasteiger partial charge in [-0.15, -0.1) is 0 Å². The van der Waals surface area contributed by atoms with Crippen LogP contribution in [-0.4, -0.2) is 21.0 Å². The van der Waals surface area contributed by atoms with E-state index >= 15 is 0 Å². The molecular formula is C21H22ClN3O2S. The Labute approximate surface area is 173 Å². The van der Waals surface area contributed by atoms with Crippen molar-refractivity contribution in [2.75, 3.05) is 5.32 Å². The van der Waals surface area contributed by atoms with Gasteiger partial charge in [-0.1, -0.05) is 49.3 Å². The molecule has 1 aromatic heterocycles. The van der Waals surface area contributed by atoms with Gasteiger partial charge in [-0.05, 0) is 37.0 Å². The van der Waals surface area contributed by atoms with Gasteiger partial charge in [0.15, 0.2) is 10.9 Å². The summed E-state index contributed by atoms with van der Waals surface area (Å²) < 4.78 is 0. The number of fused-ring (bicyclic) bond motifs is 1. The second kappa shape index (κ2) is 7.76. The number of hydrogen-bond donors (Lipinski definition) is 2. The van der Waals surface area contributed by atoms with Crippen molar-refractivity contribution in [3.8, 4) is 0 Å². The summed E-state index contributed by atoms with van der Waals surface area (Å²) in [5.41, 5.74) is 2.76. The van der Waals surface area contributed by atoms with Crippen LogP contribution in [0.25, 0.3) is 0 Å². The summed E-state index contributed by atoms with van der Waals surface area (Å²) >= 11 is 7.61. The number of ketones is 1. The Morgan fingerprint density at radius 1 is 1.25 bits per heavy atom. The molecule has 7 heteroatoms. The average Bonchev–Trinajstić information content (AvgIpc) is 2.67. The number of hydrogen-bond acceptors (Lipinski definition) is 5. The second-order valence-electron chi connectivity index (χ2n) is 7.25. The number of carbonyl (C=O) groups is 1. The van der Waals surface area contributed by atoms with Gasteiger partial charge in [0.25, 0.3) is 5.56 Å². The Kier molecular flexibility index (Phi) is 5.34. The molecule has 1 aliphatic heterocycles. The minimum atomic E-state index is -0.421. The van der Waals surface area contributed by atoms with Crippen LogP contribution in [0, 0.1) is 0 Å². The number of rotatable bonds is 4. The topological polar surface area (TPSA) is 74.8 Å². The maximum absolute atomic E-state index is 13.1. The van der Waals surface area contributed by atoms with E-state index in [-0.39, 0.29) is 11.3 Å². The highest BCUT2D eigenvalue weighted by Crippen LogP contribution is 2.43. The monoisotopic (exact) mass is 415 g/mol. The maximum Gasteiger partial charge on any atom is 0.257 e. The molecule has 2 atom stereocenters. The number of thioether (sulfide) groups is 1. The summed E-state index contributed by atoms with van der Waals surface area (Å²) in [7, 11) is 0. The van der Waals surface area contributed by atoms with E-state index in [1.165, 1.54) is 0 Å². The van der Waals surface area contributed by atoms with E-state index in [9.17, 15) is 9.59 Å². The smallest absolute Gasteiger partial charge is 0.257 e. The molecule has 4 rings (SSSR count). The molecule has 2 aromatic rings. The SMILES string of the molecule is CC[C@H](C)Sc1nc2c(c(=O)[nH]1)[C@H](c1ccc(Cl)cc1)C1=C(CCCC1=O)N2. The van der Waals surface area contributed by atoms with Crippen LogP contribution in [0.15, 0.2) is 45.5 Å². The first-order valence-corrected chi connectivity index (χ1v) is 10.8. The van der Waals surface area contributed by atoms with Gasteiger partial charge in [-0.25, -0.2) is 4.98 Å². The first kappa shape index (κ1) is 19.3. The molecule has 5 nitrogen and oxygen atoms in total. The van der Waals surface area contributed by atoms with Crippen molar-refractivity contribution in [2.45, 2.75) is 55.9 Å². The summed E-state index contributed by atoms with van der Waals surface area (Å²) in [5.74, 6) is 0.231.